The van der Waals surface area contributed by atoms with E-state index < -0.39 is 0 Å². The maximum absolute atomic E-state index is 5.68. The third kappa shape index (κ3) is 3.22. The first-order valence-electron chi connectivity index (χ1n) is 10.1. The smallest absolute Gasteiger partial charge is 0.203 e. The number of aryl methyl sites for hydroxylation is 1. The topological polar surface area (TPSA) is 71.5 Å². The van der Waals surface area contributed by atoms with Gasteiger partial charge >= 0.3 is 0 Å². The predicted molar refractivity (Wildman–Crippen MR) is 116 cm³/mol. The van der Waals surface area contributed by atoms with Crippen molar-refractivity contribution in [2.75, 3.05) is 21.3 Å². The van der Waals surface area contributed by atoms with Crippen LogP contribution in [0.2, 0.25) is 0 Å². The van der Waals surface area contributed by atoms with Gasteiger partial charge in [0, 0.05) is 11.1 Å². The number of rotatable bonds is 6. The van der Waals surface area contributed by atoms with Crippen LogP contribution in [0, 0.1) is 0 Å². The van der Waals surface area contributed by atoms with Gasteiger partial charge in [-0.1, -0.05) is 35.5 Å². The Morgan fingerprint density at radius 3 is 2.39 bits per heavy atom. The average molecular weight is 417 g/mol. The summed E-state index contributed by atoms with van der Waals surface area (Å²) in [5.41, 5.74) is 6.07. The molecule has 0 saturated heterocycles. The van der Waals surface area contributed by atoms with Gasteiger partial charge < -0.3 is 18.7 Å². The number of benzene rings is 2. The fourth-order valence-electron chi connectivity index (χ4n) is 4.19. The maximum atomic E-state index is 5.68. The summed E-state index contributed by atoms with van der Waals surface area (Å²) >= 11 is 0. The Hall–Kier alpha value is -3.74. The van der Waals surface area contributed by atoms with E-state index in [4.69, 9.17) is 23.8 Å². The molecule has 2 aromatic carbocycles. The molecule has 0 radical (unpaired) electrons. The highest BCUT2D eigenvalue weighted by Gasteiger charge is 2.30. The zero-order chi connectivity index (χ0) is 21.4. The van der Waals surface area contributed by atoms with E-state index in [0.29, 0.717) is 23.8 Å². The lowest BCUT2D eigenvalue weighted by Crippen LogP contribution is -2.10. The Labute approximate surface area is 180 Å². The van der Waals surface area contributed by atoms with Gasteiger partial charge in [0.2, 0.25) is 5.75 Å². The van der Waals surface area contributed by atoms with Crippen molar-refractivity contribution in [2.45, 2.75) is 19.4 Å². The minimum atomic E-state index is 0.548. The molecule has 0 spiro atoms. The Kier molecular flexibility index (Phi) is 4.86. The highest BCUT2D eigenvalue weighted by molar-refractivity contribution is 5.84. The van der Waals surface area contributed by atoms with E-state index in [1.54, 1.807) is 27.5 Å². The average Bonchev–Trinajstić information content (AvgIpc) is 3.43. The third-order valence-electron chi connectivity index (χ3n) is 5.67. The predicted octanol–water partition coefficient (Wildman–Crippen LogP) is 4.38. The van der Waals surface area contributed by atoms with E-state index >= 15 is 0 Å². The first kappa shape index (κ1) is 19.2. The molecule has 0 fully saturated rings. The van der Waals surface area contributed by atoms with Crippen molar-refractivity contribution in [2.24, 2.45) is 0 Å². The van der Waals surface area contributed by atoms with Crippen molar-refractivity contribution in [3.8, 4) is 39.8 Å². The van der Waals surface area contributed by atoms with E-state index in [1.807, 2.05) is 30.3 Å². The molecule has 0 atom stereocenters. The minimum absolute atomic E-state index is 0.548. The molecule has 2 heterocycles. The summed E-state index contributed by atoms with van der Waals surface area (Å²) in [4.78, 5) is 0. The lowest BCUT2D eigenvalue weighted by Gasteiger charge is -2.15. The lowest BCUT2D eigenvalue weighted by molar-refractivity contribution is 0.324. The van der Waals surface area contributed by atoms with Crippen molar-refractivity contribution < 1.29 is 18.7 Å². The monoisotopic (exact) mass is 417 g/mol. The summed E-state index contributed by atoms with van der Waals surface area (Å²) in [5, 5.41) is 9.06. The van der Waals surface area contributed by atoms with Gasteiger partial charge in [0.1, 0.15) is 5.69 Å². The molecule has 4 aromatic rings. The Morgan fingerprint density at radius 2 is 1.71 bits per heavy atom. The van der Waals surface area contributed by atoms with Crippen LogP contribution in [0.3, 0.4) is 0 Å². The van der Waals surface area contributed by atoms with E-state index in [0.717, 1.165) is 46.7 Å². The van der Waals surface area contributed by atoms with Crippen LogP contribution in [0.4, 0.5) is 0 Å². The Morgan fingerprint density at radius 1 is 0.968 bits per heavy atom. The van der Waals surface area contributed by atoms with Crippen LogP contribution in [-0.2, 0) is 19.4 Å². The van der Waals surface area contributed by atoms with Crippen molar-refractivity contribution in [3.63, 3.8) is 0 Å². The number of fused-ring (bicyclic) bond motifs is 3. The standard InChI is InChI=1S/C24H23N3O4/c1-28-19-11-17(12-20(29-2)24(19)30-3)22-21-18(10-9-16-13-25-31-23(16)21)27(26-22)14-15-7-5-4-6-8-15/h4-8,11-13H,9-10,14H2,1-3H3. The molecule has 5 rings (SSSR count). The zero-order valence-electron chi connectivity index (χ0n) is 17.7. The second-order valence-electron chi connectivity index (χ2n) is 7.41. The SMILES string of the molecule is COc1cc(-c2nn(Cc3ccccc3)c3c2-c2oncc2CC3)cc(OC)c1OC. The summed E-state index contributed by atoms with van der Waals surface area (Å²) in [7, 11) is 4.81. The molecule has 0 unspecified atom stereocenters. The van der Waals surface area contributed by atoms with E-state index in [1.165, 1.54) is 5.56 Å². The van der Waals surface area contributed by atoms with Gasteiger partial charge in [-0.2, -0.15) is 5.10 Å². The molecule has 0 amide bonds. The van der Waals surface area contributed by atoms with Crippen LogP contribution < -0.4 is 14.2 Å². The number of hydrogen-bond acceptors (Lipinski definition) is 6. The van der Waals surface area contributed by atoms with Crippen LogP contribution in [0.15, 0.2) is 53.2 Å². The van der Waals surface area contributed by atoms with Gasteiger partial charge in [0.15, 0.2) is 17.3 Å². The van der Waals surface area contributed by atoms with Gasteiger partial charge in [-0.15, -0.1) is 0 Å². The molecule has 31 heavy (non-hydrogen) atoms. The third-order valence-corrected chi connectivity index (χ3v) is 5.67. The van der Waals surface area contributed by atoms with Crippen molar-refractivity contribution in [3.05, 3.63) is 65.5 Å². The fourth-order valence-corrected chi connectivity index (χ4v) is 4.19. The Balaban J connectivity index is 1.71. The van der Waals surface area contributed by atoms with Crippen molar-refractivity contribution in [1.29, 1.82) is 0 Å². The van der Waals surface area contributed by atoms with Gasteiger partial charge in [-0.05, 0) is 30.5 Å². The van der Waals surface area contributed by atoms with E-state index in [-0.39, 0.29) is 0 Å². The molecule has 2 aromatic heterocycles. The largest absolute Gasteiger partial charge is 0.493 e. The van der Waals surface area contributed by atoms with Crippen LogP contribution in [-0.4, -0.2) is 36.3 Å². The summed E-state index contributed by atoms with van der Waals surface area (Å²) in [5.74, 6) is 2.49. The van der Waals surface area contributed by atoms with Gasteiger partial charge in [0.25, 0.3) is 0 Å². The number of aromatic nitrogens is 3. The number of methoxy groups -OCH3 is 3. The normalized spacial score (nSPS) is 12.2. The molecular formula is C24H23N3O4. The van der Waals surface area contributed by atoms with Crippen molar-refractivity contribution >= 4 is 0 Å². The molecule has 7 nitrogen and oxygen atoms in total. The van der Waals surface area contributed by atoms with Gasteiger partial charge in [-0.25, -0.2) is 0 Å². The molecule has 1 aliphatic rings. The van der Waals surface area contributed by atoms with E-state index in [9.17, 15) is 0 Å². The van der Waals surface area contributed by atoms with E-state index in [2.05, 4.69) is 22.0 Å². The summed E-state index contributed by atoms with van der Waals surface area (Å²) in [6, 6.07) is 14.2. The number of ether oxygens (including phenoxy) is 3. The summed E-state index contributed by atoms with van der Waals surface area (Å²) in [6.07, 6.45) is 3.54. The minimum Gasteiger partial charge on any atom is -0.493 e. The number of hydrogen-bond donors (Lipinski definition) is 0. The molecule has 0 saturated carbocycles. The molecule has 0 N–H and O–H groups in total. The molecule has 0 aliphatic heterocycles. The molecule has 1 aliphatic carbocycles. The van der Waals surface area contributed by atoms with Crippen molar-refractivity contribution in [1.82, 2.24) is 14.9 Å². The van der Waals surface area contributed by atoms with Crippen LogP contribution in [0.1, 0.15) is 16.8 Å². The highest BCUT2D eigenvalue weighted by atomic mass is 16.5. The second-order valence-corrected chi connectivity index (χ2v) is 7.41. The fraction of sp³-hybridized carbons (Fsp3) is 0.250. The number of nitrogens with zero attached hydrogens (tertiary/aromatic N) is 3. The zero-order valence-corrected chi connectivity index (χ0v) is 17.7. The molecule has 158 valence electrons. The molecular weight excluding hydrogens is 394 g/mol. The summed E-state index contributed by atoms with van der Waals surface area (Å²) < 4.78 is 24.4. The second kappa shape index (κ2) is 7.83. The first-order chi connectivity index (χ1) is 15.2. The van der Waals surface area contributed by atoms with Gasteiger partial charge in [-0.3, -0.25) is 4.68 Å². The Bertz CT molecular complexity index is 1200. The molecule has 7 heteroatoms. The van der Waals surface area contributed by atoms with Crippen LogP contribution in [0.25, 0.3) is 22.6 Å². The van der Waals surface area contributed by atoms with Gasteiger partial charge in [0.05, 0.1) is 45.3 Å². The summed E-state index contributed by atoms with van der Waals surface area (Å²) in [6.45, 7) is 0.678. The van der Waals surface area contributed by atoms with Crippen LogP contribution in [0.5, 0.6) is 17.2 Å². The lowest BCUT2D eigenvalue weighted by atomic mass is 9.92. The first-order valence-corrected chi connectivity index (χ1v) is 10.1. The molecule has 0 bridgehead atoms. The quantitative estimate of drug-likeness (QED) is 0.464. The highest BCUT2D eigenvalue weighted by Crippen LogP contribution is 2.45. The maximum Gasteiger partial charge on any atom is 0.203 e. The van der Waals surface area contributed by atoms with Crippen LogP contribution >= 0.6 is 0 Å².